The molecule has 0 unspecified atom stereocenters. The number of anilines is 2. The van der Waals surface area contributed by atoms with Crippen molar-refractivity contribution in [2.45, 2.75) is 90.0 Å². The quantitative estimate of drug-likeness (QED) is 0.0760. The molecule has 4 heterocycles. The van der Waals surface area contributed by atoms with Crippen LogP contribution in [0.15, 0.2) is 53.7 Å². The summed E-state index contributed by atoms with van der Waals surface area (Å²) < 4.78 is 75.2. The Labute approximate surface area is 366 Å². The van der Waals surface area contributed by atoms with E-state index in [9.17, 15) is 4.79 Å². The van der Waals surface area contributed by atoms with Gasteiger partial charge in [-0.15, -0.1) is 0 Å². The van der Waals surface area contributed by atoms with Gasteiger partial charge in [-0.1, -0.05) is 43.0 Å². The molecule has 2 aliphatic heterocycles. The lowest BCUT2D eigenvalue weighted by atomic mass is 9.94. The van der Waals surface area contributed by atoms with E-state index in [0.717, 1.165) is 11.1 Å². The molecule has 16 heteroatoms. The Hall–Kier alpha value is -4.71. The molecule has 3 atom stereocenters. The molecule has 0 aliphatic carbocycles. The van der Waals surface area contributed by atoms with Gasteiger partial charge in [-0.3, -0.25) is 0 Å². The Morgan fingerprint density at radius 3 is 2.07 bits per heavy atom. The fraction of sp³-hybridized carbons (Fsp3) is 0.409. The monoisotopic (exact) mass is 956 g/mol. The van der Waals surface area contributed by atoms with Crippen molar-refractivity contribution in [1.29, 1.82) is 0 Å². The Kier molecular flexibility index (Phi) is 12.5. The maximum atomic E-state index is 17.7. The molecule has 0 bridgehead atoms. The van der Waals surface area contributed by atoms with E-state index < -0.39 is 41.3 Å². The zero-order chi connectivity index (χ0) is 43.2. The highest BCUT2D eigenvalue weighted by atomic mass is 127. The second kappa shape index (κ2) is 17.3. The predicted octanol–water partition coefficient (Wildman–Crippen LogP) is 9.95. The maximum absolute atomic E-state index is 17.7. The summed E-state index contributed by atoms with van der Waals surface area (Å²) in [6.45, 7) is 11.7. The number of pyridine rings is 1. The van der Waals surface area contributed by atoms with Crippen LogP contribution in [0.5, 0.6) is 17.4 Å². The largest absolute Gasteiger partial charge is 0.497 e. The normalized spacial score (nSPS) is 17.5. The third-order valence-corrected chi connectivity index (χ3v) is 12.8. The summed E-state index contributed by atoms with van der Waals surface area (Å²) in [6, 6.07) is 13.6. The number of rotatable bonds is 10. The molecule has 2 aromatic heterocycles. The molecule has 7 rings (SSSR count). The highest BCUT2D eigenvalue weighted by molar-refractivity contribution is 14.1. The van der Waals surface area contributed by atoms with Crippen LogP contribution in [0.3, 0.4) is 0 Å². The number of carbonyl (C=O) groups is 1. The van der Waals surface area contributed by atoms with Crippen LogP contribution in [-0.2, 0) is 17.8 Å². The van der Waals surface area contributed by atoms with Crippen molar-refractivity contribution in [2.75, 3.05) is 43.4 Å². The van der Waals surface area contributed by atoms with Gasteiger partial charge in [-0.25, -0.2) is 32.9 Å². The number of benzene rings is 3. The van der Waals surface area contributed by atoms with Crippen LogP contribution < -0.4 is 24.0 Å². The van der Waals surface area contributed by atoms with E-state index in [4.69, 9.17) is 28.9 Å². The lowest BCUT2D eigenvalue weighted by Crippen LogP contribution is -2.65. The Bertz CT molecular complexity index is 2370. The lowest BCUT2D eigenvalue weighted by molar-refractivity contribution is 0.000925. The summed E-state index contributed by atoms with van der Waals surface area (Å²) in [6.07, 6.45) is 1.30. The molecule has 3 aromatic carbocycles. The second-order valence-electron chi connectivity index (χ2n) is 15.8. The van der Waals surface area contributed by atoms with Gasteiger partial charge in [-0.05, 0) is 105 Å². The number of ether oxygens (including phenoxy) is 4. The minimum atomic E-state index is -0.986. The summed E-state index contributed by atoms with van der Waals surface area (Å²) in [5.41, 5.74) is -0.0893. The number of hydrogen-bond donors (Lipinski definition) is 0. The average Bonchev–Trinajstić information content (AvgIpc) is 3.34. The topological polar surface area (TPSA) is 102 Å². The van der Waals surface area contributed by atoms with Crippen molar-refractivity contribution in [3.05, 3.63) is 86.2 Å². The first-order valence-corrected chi connectivity index (χ1v) is 22.0. The van der Waals surface area contributed by atoms with E-state index in [2.05, 4.69) is 4.98 Å². The van der Waals surface area contributed by atoms with Crippen LogP contribution in [-0.4, -0.2) is 83.3 Å². The molecule has 1 amide bonds. The summed E-state index contributed by atoms with van der Waals surface area (Å²) in [7, 11) is 3.13. The fourth-order valence-electron chi connectivity index (χ4n) is 8.02. The lowest BCUT2D eigenvalue weighted by Gasteiger charge is -2.48. The first-order valence-electron chi connectivity index (χ1n) is 19.6. The van der Waals surface area contributed by atoms with Gasteiger partial charge in [0.15, 0.2) is 22.6 Å². The molecule has 11 nitrogen and oxygen atoms in total. The van der Waals surface area contributed by atoms with Crippen LogP contribution in [0.25, 0.3) is 22.2 Å². The van der Waals surface area contributed by atoms with Crippen molar-refractivity contribution < 1.29 is 36.9 Å². The van der Waals surface area contributed by atoms with Crippen LogP contribution >= 0.6 is 34.4 Å². The van der Waals surface area contributed by atoms with Crippen molar-refractivity contribution >= 4 is 62.9 Å². The number of methoxy groups -OCH3 is 2. The SMILES string of the molecule is CC[C@H]1[C@H]2[C@H](C)Oc3nc(-c4c(F)c(N(Cc5ccc(OC)cc5)Cc5ccc(OC)cc5)c(F)c(C)c4I)c(F)c4nc(SC)nc(c34)N2CCN1C(=O)OC(C)(C)C. The Morgan fingerprint density at radius 1 is 0.933 bits per heavy atom. The van der Waals surface area contributed by atoms with Gasteiger partial charge in [0.25, 0.3) is 0 Å². The zero-order valence-corrected chi connectivity index (χ0v) is 38.0. The molecule has 60 heavy (non-hydrogen) atoms. The highest BCUT2D eigenvalue weighted by Gasteiger charge is 2.47. The van der Waals surface area contributed by atoms with E-state index in [0.29, 0.717) is 36.8 Å². The predicted molar refractivity (Wildman–Crippen MR) is 236 cm³/mol. The van der Waals surface area contributed by atoms with E-state index in [-0.39, 0.29) is 67.1 Å². The van der Waals surface area contributed by atoms with Gasteiger partial charge in [0.2, 0.25) is 5.88 Å². The van der Waals surface area contributed by atoms with Crippen LogP contribution in [0.2, 0.25) is 0 Å². The van der Waals surface area contributed by atoms with Crippen molar-refractivity contribution in [1.82, 2.24) is 19.9 Å². The molecule has 0 saturated carbocycles. The molecule has 318 valence electrons. The number of hydrogen-bond acceptors (Lipinski definition) is 11. The van der Waals surface area contributed by atoms with Gasteiger partial charge in [0, 0.05) is 35.3 Å². The van der Waals surface area contributed by atoms with E-state index in [1.165, 1.54) is 11.8 Å². The average molecular weight is 957 g/mol. The standard InChI is InChI=1S/C44H48F3IN6O5S/c1-10-29-38-24(3)58-41-31-37(50-42(60-9)51-40(31)54(38)20-19-53(29)43(55)59-44(4,5)6)34(47)36(49-41)30-33(46)39(32(45)23(2)35(30)48)52(21-25-11-15-27(56-7)16-12-25)22-26-13-17-28(57-8)18-14-26/h11-18,24,29,38H,10,19-22H2,1-9H3/t24-,29-,38+/m0/s1. The van der Waals surface area contributed by atoms with Gasteiger partial charge in [0.1, 0.15) is 51.3 Å². The number of fused-ring (bicyclic) bond motifs is 2. The minimum Gasteiger partial charge on any atom is -0.497 e. The molecule has 5 aromatic rings. The van der Waals surface area contributed by atoms with Crippen LogP contribution in [0.1, 0.15) is 57.7 Å². The number of aromatic nitrogens is 3. The van der Waals surface area contributed by atoms with Crippen LogP contribution in [0.4, 0.5) is 29.5 Å². The number of halogens is 4. The molecule has 0 radical (unpaired) electrons. The summed E-state index contributed by atoms with van der Waals surface area (Å²) in [5, 5.41) is 0.519. The van der Waals surface area contributed by atoms with E-state index in [1.54, 1.807) is 61.5 Å². The smallest absolute Gasteiger partial charge is 0.410 e. The summed E-state index contributed by atoms with van der Waals surface area (Å²) >= 11 is 3.09. The first-order chi connectivity index (χ1) is 28.6. The maximum Gasteiger partial charge on any atom is 0.410 e. The van der Waals surface area contributed by atoms with Gasteiger partial charge in [-0.2, -0.15) is 0 Å². The van der Waals surface area contributed by atoms with E-state index in [1.807, 2.05) is 86.4 Å². The number of nitrogens with zero attached hydrogens (tertiary/aromatic N) is 6. The van der Waals surface area contributed by atoms with Crippen molar-refractivity contribution in [3.8, 4) is 28.6 Å². The molecule has 1 fully saturated rings. The van der Waals surface area contributed by atoms with Gasteiger partial charge in [0.05, 0.1) is 31.9 Å². The number of amides is 1. The Balaban J connectivity index is 1.39. The zero-order valence-electron chi connectivity index (χ0n) is 35.0. The first kappa shape index (κ1) is 43.4. The van der Waals surface area contributed by atoms with Crippen molar-refractivity contribution in [2.24, 2.45) is 0 Å². The molecule has 1 saturated heterocycles. The number of piperazine rings is 1. The van der Waals surface area contributed by atoms with Gasteiger partial charge < -0.3 is 33.6 Å². The third-order valence-electron chi connectivity index (χ3n) is 10.9. The summed E-state index contributed by atoms with van der Waals surface area (Å²) in [5.74, 6) is -0.970. The number of thioether (sulfide) groups is 1. The van der Waals surface area contributed by atoms with Gasteiger partial charge >= 0.3 is 6.09 Å². The molecular formula is C44H48F3IN6O5S. The minimum absolute atomic E-state index is 0.0108. The molecule has 0 spiro atoms. The van der Waals surface area contributed by atoms with Crippen molar-refractivity contribution in [3.63, 3.8) is 0 Å². The fourth-order valence-corrected chi connectivity index (χ4v) is 9.11. The highest BCUT2D eigenvalue weighted by Crippen LogP contribution is 2.46. The molecule has 2 aliphatic rings. The second-order valence-corrected chi connectivity index (χ2v) is 17.7. The van der Waals surface area contributed by atoms with E-state index >= 15 is 13.2 Å². The third kappa shape index (κ3) is 8.20. The molecule has 0 N–H and O–H groups in total. The molecular weight excluding hydrogens is 908 g/mol. The Morgan fingerprint density at radius 2 is 1.53 bits per heavy atom. The summed E-state index contributed by atoms with van der Waals surface area (Å²) in [4.78, 5) is 33.1. The van der Waals surface area contributed by atoms with Crippen LogP contribution in [0, 0.1) is 27.9 Å². The number of carbonyl (C=O) groups excluding carboxylic acids is 1.